The maximum atomic E-state index is 4.63. The average molecular weight is 326 g/mol. The molecule has 0 radical (unpaired) electrons. The van der Waals surface area contributed by atoms with Crippen LogP contribution in [-0.2, 0) is 6.42 Å². The Morgan fingerprint density at radius 3 is 2.61 bits per heavy atom. The van der Waals surface area contributed by atoms with Gasteiger partial charge in [-0.3, -0.25) is 0 Å². The van der Waals surface area contributed by atoms with Crippen LogP contribution in [0, 0.1) is 6.92 Å². The fourth-order valence-electron chi connectivity index (χ4n) is 1.68. The first-order valence-electron chi connectivity index (χ1n) is 6.02. The molecule has 2 heterocycles. The molecule has 2 aromatic rings. The lowest BCUT2D eigenvalue weighted by Gasteiger charge is -2.10. The minimum absolute atomic E-state index is 0.809. The van der Waals surface area contributed by atoms with Gasteiger partial charge in [-0.25, -0.2) is 9.97 Å². The van der Waals surface area contributed by atoms with E-state index in [0.717, 1.165) is 39.7 Å². The Hall–Kier alpha value is -0.940. The molecular weight excluding hydrogens is 310 g/mol. The van der Waals surface area contributed by atoms with Crippen LogP contribution >= 0.6 is 27.3 Å². The topological polar surface area (TPSA) is 37.8 Å². The van der Waals surface area contributed by atoms with Crippen molar-refractivity contribution in [3.8, 4) is 10.7 Å². The fraction of sp³-hybridized carbons (Fsp3) is 0.385. The Bertz CT molecular complexity index is 551. The number of aromatic nitrogens is 2. The summed E-state index contributed by atoms with van der Waals surface area (Å²) in [5.41, 5.74) is 1.04. The number of thiophene rings is 1. The minimum atomic E-state index is 0.809. The third-order valence-corrected chi connectivity index (χ3v) is 4.39. The Kier molecular flexibility index (Phi) is 4.35. The van der Waals surface area contributed by atoms with Gasteiger partial charge in [0.15, 0.2) is 5.82 Å². The summed E-state index contributed by atoms with van der Waals surface area (Å²) in [7, 11) is 0. The highest BCUT2D eigenvalue weighted by molar-refractivity contribution is 9.10. The number of nitrogens with one attached hydrogen (secondary N) is 1. The molecule has 96 valence electrons. The first-order chi connectivity index (χ1) is 8.65. The molecule has 2 rings (SSSR count). The van der Waals surface area contributed by atoms with Crippen LogP contribution in [0.15, 0.2) is 16.6 Å². The van der Waals surface area contributed by atoms with Crippen LogP contribution in [0.1, 0.15) is 24.4 Å². The Morgan fingerprint density at radius 1 is 1.28 bits per heavy atom. The zero-order valence-electron chi connectivity index (χ0n) is 10.7. The van der Waals surface area contributed by atoms with E-state index >= 15 is 0 Å². The molecule has 0 aliphatic carbocycles. The summed E-state index contributed by atoms with van der Waals surface area (Å²) in [5, 5.41) is 3.27. The molecule has 0 atom stereocenters. The van der Waals surface area contributed by atoms with E-state index in [1.807, 2.05) is 0 Å². The van der Waals surface area contributed by atoms with Gasteiger partial charge in [0.25, 0.3) is 0 Å². The predicted octanol–water partition coefficient (Wildman–Crippen LogP) is 4.27. The average Bonchev–Trinajstić information content (AvgIpc) is 2.79. The molecule has 0 saturated heterocycles. The lowest BCUT2D eigenvalue weighted by Crippen LogP contribution is -2.05. The Labute approximate surface area is 120 Å². The number of hydrogen-bond donors (Lipinski definition) is 1. The first-order valence-corrected chi connectivity index (χ1v) is 7.63. The van der Waals surface area contributed by atoms with Crippen LogP contribution in [0.3, 0.4) is 0 Å². The molecule has 18 heavy (non-hydrogen) atoms. The van der Waals surface area contributed by atoms with E-state index in [4.69, 9.17) is 0 Å². The van der Waals surface area contributed by atoms with Gasteiger partial charge in [0, 0.05) is 11.4 Å². The van der Waals surface area contributed by atoms with Crippen molar-refractivity contribution < 1.29 is 0 Å². The molecule has 0 amide bonds. The van der Waals surface area contributed by atoms with Crippen LogP contribution in [0.5, 0.6) is 0 Å². The van der Waals surface area contributed by atoms with Gasteiger partial charge in [-0.1, -0.05) is 6.92 Å². The highest BCUT2D eigenvalue weighted by Crippen LogP contribution is 2.30. The molecule has 0 unspecified atom stereocenters. The SMILES string of the molecule is CCNc1nc(-c2ccc(C)s2)nc(CC)c1Br. The minimum Gasteiger partial charge on any atom is -0.369 e. The van der Waals surface area contributed by atoms with Gasteiger partial charge in [-0.15, -0.1) is 11.3 Å². The molecule has 0 saturated carbocycles. The van der Waals surface area contributed by atoms with E-state index in [-0.39, 0.29) is 0 Å². The van der Waals surface area contributed by atoms with Crippen molar-refractivity contribution >= 4 is 33.1 Å². The number of nitrogens with zero attached hydrogens (tertiary/aromatic N) is 2. The van der Waals surface area contributed by atoms with Crippen LogP contribution in [0.2, 0.25) is 0 Å². The monoisotopic (exact) mass is 325 g/mol. The maximum absolute atomic E-state index is 4.63. The van der Waals surface area contributed by atoms with E-state index in [1.165, 1.54) is 4.88 Å². The summed E-state index contributed by atoms with van der Waals surface area (Å²) in [6.07, 6.45) is 0.888. The molecule has 5 heteroatoms. The van der Waals surface area contributed by atoms with Crippen molar-refractivity contribution in [3.05, 3.63) is 27.2 Å². The van der Waals surface area contributed by atoms with Crippen LogP contribution in [0.25, 0.3) is 10.7 Å². The summed E-state index contributed by atoms with van der Waals surface area (Å²) in [6.45, 7) is 7.11. The van der Waals surface area contributed by atoms with Gasteiger partial charge in [0.1, 0.15) is 5.82 Å². The van der Waals surface area contributed by atoms with Gasteiger partial charge in [0.2, 0.25) is 0 Å². The highest BCUT2D eigenvalue weighted by atomic mass is 79.9. The predicted molar refractivity (Wildman–Crippen MR) is 81.3 cm³/mol. The normalized spacial score (nSPS) is 10.7. The molecule has 0 spiro atoms. The van der Waals surface area contributed by atoms with Gasteiger partial charge in [0.05, 0.1) is 15.0 Å². The lowest BCUT2D eigenvalue weighted by atomic mass is 10.3. The number of aryl methyl sites for hydroxylation is 2. The van der Waals surface area contributed by atoms with Gasteiger partial charge in [-0.05, 0) is 48.3 Å². The third-order valence-electron chi connectivity index (χ3n) is 2.56. The molecular formula is C13H16BrN3S. The quantitative estimate of drug-likeness (QED) is 0.912. The molecule has 2 aromatic heterocycles. The van der Waals surface area contributed by atoms with E-state index < -0.39 is 0 Å². The molecule has 0 fully saturated rings. The van der Waals surface area contributed by atoms with E-state index in [1.54, 1.807) is 11.3 Å². The van der Waals surface area contributed by atoms with Crippen molar-refractivity contribution in [2.24, 2.45) is 0 Å². The zero-order valence-corrected chi connectivity index (χ0v) is 13.2. The second kappa shape index (κ2) is 5.80. The van der Waals surface area contributed by atoms with Crippen molar-refractivity contribution in [2.75, 3.05) is 11.9 Å². The van der Waals surface area contributed by atoms with Crippen molar-refractivity contribution in [2.45, 2.75) is 27.2 Å². The second-order valence-electron chi connectivity index (χ2n) is 3.95. The molecule has 0 aromatic carbocycles. The Balaban J connectivity index is 2.51. The van der Waals surface area contributed by atoms with E-state index in [0.29, 0.717) is 0 Å². The molecule has 1 N–H and O–H groups in total. The smallest absolute Gasteiger partial charge is 0.171 e. The fourth-order valence-corrected chi connectivity index (χ4v) is 3.08. The maximum Gasteiger partial charge on any atom is 0.171 e. The lowest BCUT2D eigenvalue weighted by molar-refractivity contribution is 0.986. The van der Waals surface area contributed by atoms with Gasteiger partial charge >= 0.3 is 0 Å². The van der Waals surface area contributed by atoms with Crippen LogP contribution in [0.4, 0.5) is 5.82 Å². The van der Waals surface area contributed by atoms with Crippen molar-refractivity contribution in [1.29, 1.82) is 0 Å². The largest absolute Gasteiger partial charge is 0.369 e. The summed E-state index contributed by atoms with van der Waals surface area (Å²) in [6, 6.07) is 4.18. The van der Waals surface area contributed by atoms with Gasteiger partial charge in [-0.2, -0.15) is 0 Å². The van der Waals surface area contributed by atoms with Crippen molar-refractivity contribution in [3.63, 3.8) is 0 Å². The number of hydrogen-bond acceptors (Lipinski definition) is 4. The molecule has 0 bridgehead atoms. The van der Waals surface area contributed by atoms with Gasteiger partial charge < -0.3 is 5.32 Å². The summed E-state index contributed by atoms with van der Waals surface area (Å²) < 4.78 is 0.976. The van der Waals surface area contributed by atoms with Crippen LogP contribution < -0.4 is 5.32 Å². The number of halogens is 1. The Morgan fingerprint density at radius 2 is 2.06 bits per heavy atom. The second-order valence-corrected chi connectivity index (χ2v) is 6.03. The molecule has 0 aliphatic heterocycles. The number of rotatable bonds is 4. The van der Waals surface area contributed by atoms with Crippen molar-refractivity contribution in [1.82, 2.24) is 9.97 Å². The standard InChI is InChI=1S/C13H16BrN3S/c1-4-9-11(14)13(15-5-2)17-12(16-9)10-7-6-8(3)18-10/h6-7H,4-5H2,1-3H3,(H,15,16,17). The van der Waals surface area contributed by atoms with E-state index in [9.17, 15) is 0 Å². The third kappa shape index (κ3) is 2.72. The van der Waals surface area contributed by atoms with Crippen LogP contribution in [-0.4, -0.2) is 16.5 Å². The molecule has 3 nitrogen and oxygen atoms in total. The first kappa shape index (κ1) is 13.5. The zero-order chi connectivity index (χ0) is 13.1. The summed E-state index contributed by atoms with van der Waals surface area (Å²) in [5.74, 6) is 1.69. The number of anilines is 1. The summed E-state index contributed by atoms with van der Waals surface area (Å²) >= 11 is 5.29. The van der Waals surface area contributed by atoms with E-state index in [2.05, 4.69) is 64.1 Å². The summed E-state index contributed by atoms with van der Waals surface area (Å²) in [4.78, 5) is 11.6. The highest BCUT2D eigenvalue weighted by Gasteiger charge is 2.12. The molecule has 0 aliphatic rings.